The maximum Gasteiger partial charge on any atom is 0.279 e. The van der Waals surface area contributed by atoms with E-state index in [0.717, 1.165) is 50.1 Å². The van der Waals surface area contributed by atoms with Crippen LogP contribution in [0.3, 0.4) is 0 Å². The highest BCUT2D eigenvalue weighted by Crippen LogP contribution is 2.26. The van der Waals surface area contributed by atoms with Gasteiger partial charge in [0.05, 0.1) is 20.3 Å². The maximum atomic E-state index is 12.9. The molecule has 0 aromatic heterocycles. The van der Waals surface area contributed by atoms with Crippen LogP contribution in [0.15, 0.2) is 24.3 Å². The molecule has 1 heterocycles. The van der Waals surface area contributed by atoms with Crippen LogP contribution in [-0.2, 0) is 14.9 Å². The standard InChI is InChI=1S/C20H33N3O4S/c1-22(18-6-4-3-5-7-18)28(24,25)21-16-20(23-12-14-27-15-13-23)17-8-10-19(26-2)11-9-17/h8-11,18,20-21H,3-7,12-16H2,1-2H3. The number of nitrogens with zero attached hydrogens (tertiary/aromatic N) is 2. The minimum atomic E-state index is -3.51. The van der Waals surface area contributed by atoms with Crippen LogP contribution in [0.25, 0.3) is 0 Å². The van der Waals surface area contributed by atoms with Crippen molar-refractivity contribution in [2.45, 2.75) is 44.2 Å². The maximum absolute atomic E-state index is 12.9. The summed E-state index contributed by atoms with van der Waals surface area (Å²) in [6, 6.07) is 7.94. The van der Waals surface area contributed by atoms with Crippen molar-refractivity contribution in [3.05, 3.63) is 29.8 Å². The summed E-state index contributed by atoms with van der Waals surface area (Å²) in [5.41, 5.74) is 1.07. The van der Waals surface area contributed by atoms with Crippen molar-refractivity contribution in [2.24, 2.45) is 0 Å². The zero-order valence-corrected chi connectivity index (χ0v) is 17.8. The average Bonchev–Trinajstić information content (AvgIpc) is 2.75. The third-order valence-electron chi connectivity index (χ3n) is 5.91. The van der Waals surface area contributed by atoms with Crippen molar-refractivity contribution in [1.82, 2.24) is 13.9 Å². The number of hydrogen-bond acceptors (Lipinski definition) is 5. The van der Waals surface area contributed by atoms with Gasteiger partial charge in [0.2, 0.25) is 0 Å². The van der Waals surface area contributed by atoms with Gasteiger partial charge in [-0.1, -0.05) is 31.4 Å². The van der Waals surface area contributed by atoms with Crippen LogP contribution in [0.5, 0.6) is 5.75 Å². The molecule has 2 fully saturated rings. The summed E-state index contributed by atoms with van der Waals surface area (Å²) in [4.78, 5) is 2.29. The van der Waals surface area contributed by atoms with Crippen LogP contribution in [0.1, 0.15) is 43.7 Å². The highest BCUT2D eigenvalue weighted by atomic mass is 32.2. The lowest BCUT2D eigenvalue weighted by Gasteiger charge is -2.36. The van der Waals surface area contributed by atoms with Gasteiger partial charge in [-0.2, -0.15) is 12.7 Å². The van der Waals surface area contributed by atoms with E-state index < -0.39 is 10.2 Å². The number of benzene rings is 1. The molecule has 1 saturated heterocycles. The molecule has 1 atom stereocenters. The zero-order valence-electron chi connectivity index (χ0n) is 17.0. The Hall–Kier alpha value is -1.19. The summed E-state index contributed by atoms with van der Waals surface area (Å²) in [6.45, 7) is 3.25. The first-order valence-corrected chi connectivity index (χ1v) is 11.6. The van der Waals surface area contributed by atoms with E-state index in [0.29, 0.717) is 19.8 Å². The topological polar surface area (TPSA) is 71.1 Å². The molecule has 28 heavy (non-hydrogen) atoms. The summed E-state index contributed by atoms with van der Waals surface area (Å²) in [5, 5.41) is 0. The number of nitrogens with one attached hydrogen (secondary N) is 1. The summed E-state index contributed by atoms with van der Waals surface area (Å²) < 4.78 is 40.9. The molecule has 0 radical (unpaired) electrons. The van der Waals surface area contributed by atoms with Crippen LogP contribution in [0.2, 0.25) is 0 Å². The Kier molecular flexibility index (Phi) is 7.70. The number of rotatable bonds is 8. The molecule has 0 amide bonds. The van der Waals surface area contributed by atoms with Gasteiger partial charge >= 0.3 is 0 Å². The molecule has 1 N–H and O–H groups in total. The van der Waals surface area contributed by atoms with Gasteiger partial charge in [0.15, 0.2) is 0 Å². The predicted molar refractivity (Wildman–Crippen MR) is 110 cm³/mol. The molecule has 1 unspecified atom stereocenters. The van der Waals surface area contributed by atoms with Crippen LogP contribution in [0, 0.1) is 0 Å². The normalized spacial score (nSPS) is 21.0. The van der Waals surface area contributed by atoms with Gasteiger partial charge in [-0.25, -0.2) is 4.72 Å². The van der Waals surface area contributed by atoms with Gasteiger partial charge < -0.3 is 9.47 Å². The SMILES string of the molecule is COc1ccc(C(CNS(=O)(=O)N(C)C2CCCCC2)N2CCOCC2)cc1. The molecular formula is C20H33N3O4S. The lowest BCUT2D eigenvalue weighted by Crippen LogP contribution is -2.48. The minimum Gasteiger partial charge on any atom is -0.497 e. The molecule has 1 aliphatic carbocycles. The fraction of sp³-hybridized carbons (Fsp3) is 0.700. The van der Waals surface area contributed by atoms with E-state index in [1.165, 1.54) is 10.7 Å². The number of methoxy groups -OCH3 is 1. The van der Waals surface area contributed by atoms with Gasteiger partial charge in [0.1, 0.15) is 5.75 Å². The molecule has 8 heteroatoms. The molecule has 1 aromatic carbocycles. The smallest absolute Gasteiger partial charge is 0.279 e. The van der Waals surface area contributed by atoms with E-state index in [1.54, 1.807) is 14.2 Å². The lowest BCUT2D eigenvalue weighted by molar-refractivity contribution is 0.0171. The van der Waals surface area contributed by atoms with Crippen molar-refractivity contribution in [3.8, 4) is 5.75 Å². The molecule has 1 aromatic rings. The summed E-state index contributed by atoms with van der Waals surface area (Å²) in [7, 11) is -0.167. The van der Waals surface area contributed by atoms with Crippen molar-refractivity contribution in [3.63, 3.8) is 0 Å². The van der Waals surface area contributed by atoms with Gasteiger partial charge in [-0.3, -0.25) is 4.90 Å². The number of morpholine rings is 1. The first kappa shape index (κ1) is 21.5. The molecule has 7 nitrogen and oxygen atoms in total. The van der Waals surface area contributed by atoms with Gasteiger partial charge in [-0.05, 0) is 30.5 Å². The quantitative estimate of drug-likeness (QED) is 0.710. The van der Waals surface area contributed by atoms with E-state index in [-0.39, 0.29) is 12.1 Å². The Morgan fingerprint density at radius 1 is 1.18 bits per heavy atom. The van der Waals surface area contributed by atoms with Gasteiger partial charge in [0.25, 0.3) is 10.2 Å². The molecular weight excluding hydrogens is 378 g/mol. The van der Waals surface area contributed by atoms with Crippen molar-refractivity contribution < 1.29 is 17.9 Å². The fourth-order valence-electron chi connectivity index (χ4n) is 4.10. The third-order valence-corrected chi connectivity index (χ3v) is 7.50. The molecule has 1 saturated carbocycles. The Morgan fingerprint density at radius 3 is 2.43 bits per heavy atom. The van der Waals surface area contributed by atoms with E-state index in [9.17, 15) is 8.42 Å². The Bertz CT molecular complexity index is 699. The van der Waals surface area contributed by atoms with Crippen LogP contribution in [-0.4, -0.2) is 70.7 Å². The number of hydrogen-bond donors (Lipinski definition) is 1. The van der Waals surface area contributed by atoms with E-state index >= 15 is 0 Å². The number of ether oxygens (including phenoxy) is 2. The third kappa shape index (κ3) is 5.45. The van der Waals surface area contributed by atoms with Gasteiger partial charge in [-0.15, -0.1) is 0 Å². The lowest BCUT2D eigenvalue weighted by atomic mass is 9.96. The predicted octanol–water partition coefficient (Wildman–Crippen LogP) is 2.17. The monoisotopic (exact) mass is 411 g/mol. The van der Waals surface area contributed by atoms with Crippen LogP contribution in [0.4, 0.5) is 0 Å². The Balaban J connectivity index is 1.70. The van der Waals surface area contributed by atoms with Crippen molar-refractivity contribution in [2.75, 3.05) is 47.0 Å². The largest absolute Gasteiger partial charge is 0.497 e. The summed E-state index contributed by atoms with van der Waals surface area (Å²) in [6.07, 6.45) is 5.31. The highest BCUT2D eigenvalue weighted by molar-refractivity contribution is 7.87. The van der Waals surface area contributed by atoms with Crippen molar-refractivity contribution >= 4 is 10.2 Å². The molecule has 2 aliphatic rings. The van der Waals surface area contributed by atoms with Crippen LogP contribution >= 0.6 is 0 Å². The second kappa shape index (κ2) is 10.0. The molecule has 1 aliphatic heterocycles. The first-order chi connectivity index (χ1) is 13.5. The van der Waals surface area contributed by atoms with E-state index in [4.69, 9.17) is 9.47 Å². The van der Waals surface area contributed by atoms with E-state index in [2.05, 4.69) is 9.62 Å². The van der Waals surface area contributed by atoms with Crippen LogP contribution < -0.4 is 9.46 Å². The second-order valence-electron chi connectivity index (χ2n) is 7.60. The minimum absolute atomic E-state index is 0.0377. The highest BCUT2D eigenvalue weighted by Gasteiger charge is 2.30. The summed E-state index contributed by atoms with van der Waals surface area (Å²) in [5.74, 6) is 0.794. The summed E-state index contributed by atoms with van der Waals surface area (Å²) >= 11 is 0. The zero-order chi connectivity index (χ0) is 20.0. The molecule has 0 spiro atoms. The average molecular weight is 412 g/mol. The van der Waals surface area contributed by atoms with E-state index in [1.807, 2.05) is 24.3 Å². The van der Waals surface area contributed by atoms with Crippen molar-refractivity contribution in [1.29, 1.82) is 0 Å². The fourth-order valence-corrected chi connectivity index (χ4v) is 5.28. The Morgan fingerprint density at radius 2 is 1.82 bits per heavy atom. The first-order valence-electron chi connectivity index (χ1n) is 10.2. The Labute approximate surface area is 169 Å². The molecule has 158 valence electrons. The molecule has 3 rings (SSSR count). The van der Waals surface area contributed by atoms with Gasteiger partial charge in [0, 0.05) is 38.8 Å². The molecule has 0 bridgehead atoms. The second-order valence-corrected chi connectivity index (χ2v) is 9.41.